The van der Waals surface area contributed by atoms with Crippen LogP contribution < -0.4 is 5.32 Å². The van der Waals surface area contributed by atoms with E-state index in [9.17, 15) is 9.18 Å². The SMILES string of the molecule is COCc1ccccc1NC(=O)c1ccn(-c2ccc(F)cc2)n1. The number of carbonyl (C=O) groups is 1. The molecule has 0 saturated heterocycles. The molecule has 0 aliphatic heterocycles. The number of nitrogens with one attached hydrogen (secondary N) is 1. The highest BCUT2D eigenvalue weighted by atomic mass is 19.1. The molecule has 0 aliphatic rings. The Balaban J connectivity index is 1.78. The Bertz CT molecular complexity index is 843. The molecule has 5 nitrogen and oxygen atoms in total. The van der Waals surface area contributed by atoms with E-state index in [0.29, 0.717) is 18.0 Å². The second-order valence-electron chi connectivity index (χ2n) is 5.17. The first-order valence-corrected chi connectivity index (χ1v) is 7.37. The summed E-state index contributed by atoms with van der Waals surface area (Å²) in [6.07, 6.45) is 1.66. The van der Waals surface area contributed by atoms with Crippen LogP contribution in [0, 0.1) is 5.82 Å². The lowest BCUT2D eigenvalue weighted by Gasteiger charge is -2.09. The van der Waals surface area contributed by atoms with Gasteiger partial charge in [-0.1, -0.05) is 18.2 Å². The first-order chi connectivity index (χ1) is 11.7. The minimum atomic E-state index is -0.321. The Morgan fingerprint density at radius 2 is 1.92 bits per heavy atom. The third-order valence-corrected chi connectivity index (χ3v) is 3.48. The van der Waals surface area contributed by atoms with Crippen LogP contribution in [0.3, 0.4) is 0 Å². The summed E-state index contributed by atoms with van der Waals surface area (Å²) in [7, 11) is 1.60. The molecule has 24 heavy (non-hydrogen) atoms. The molecule has 1 N–H and O–H groups in total. The van der Waals surface area contributed by atoms with Gasteiger partial charge in [-0.25, -0.2) is 9.07 Å². The molecule has 2 aromatic carbocycles. The van der Waals surface area contributed by atoms with Crippen LogP contribution in [0.1, 0.15) is 16.1 Å². The number of rotatable bonds is 5. The van der Waals surface area contributed by atoms with Crippen molar-refractivity contribution in [2.45, 2.75) is 6.61 Å². The maximum Gasteiger partial charge on any atom is 0.276 e. The highest BCUT2D eigenvalue weighted by molar-refractivity contribution is 6.03. The van der Waals surface area contributed by atoms with Crippen molar-refractivity contribution in [1.29, 1.82) is 0 Å². The Hall–Kier alpha value is -2.99. The van der Waals surface area contributed by atoms with Gasteiger partial charge in [0, 0.05) is 24.6 Å². The molecule has 3 rings (SSSR count). The fourth-order valence-corrected chi connectivity index (χ4v) is 2.29. The summed E-state index contributed by atoms with van der Waals surface area (Å²) in [5.74, 6) is -0.641. The van der Waals surface area contributed by atoms with E-state index in [0.717, 1.165) is 5.56 Å². The van der Waals surface area contributed by atoms with Crippen LogP contribution in [-0.4, -0.2) is 22.8 Å². The molecule has 0 unspecified atom stereocenters. The van der Waals surface area contributed by atoms with Crippen molar-refractivity contribution in [3.8, 4) is 5.69 Å². The van der Waals surface area contributed by atoms with Crippen molar-refractivity contribution >= 4 is 11.6 Å². The van der Waals surface area contributed by atoms with Gasteiger partial charge in [-0.05, 0) is 36.4 Å². The lowest BCUT2D eigenvalue weighted by molar-refractivity contribution is 0.102. The molecule has 1 heterocycles. The van der Waals surface area contributed by atoms with Gasteiger partial charge in [-0.2, -0.15) is 5.10 Å². The van der Waals surface area contributed by atoms with Crippen LogP contribution in [0.15, 0.2) is 60.8 Å². The summed E-state index contributed by atoms with van der Waals surface area (Å²) < 4.78 is 19.6. The quantitative estimate of drug-likeness (QED) is 0.782. The minimum Gasteiger partial charge on any atom is -0.380 e. The molecule has 122 valence electrons. The van der Waals surface area contributed by atoms with Gasteiger partial charge >= 0.3 is 0 Å². The standard InChI is InChI=1S/C18H16FN3O2/c1-24-12-13-4-2-3-5-16(13)20-18(23)17-10-11-22(21-17)15-8-6-14(19)7-9-15/h2-11H,12H2,1H3,(H,20,23). The normalized spacial score (nSPS) is 10.6. The third-order valence-electron chi connectivity index (χ3n) is 3.48. The molecule has 0 spiro atoms. The van der Waals surface area contributed by atoms with Crippen molar-refractivity contribution in [3.63, 3.8) is 0 Å². The van der Waals surface area contributed by atoms with Crippen molar-refractivity contribution < 1.29 is 13.9 Å². The van der Waals surface area contributed by atoms with Crippen LogP contribution >= 0.6 is 0 Å². The van der Waals surface area contributed by atoms with E-state index < -0.39 is 0 Å². The number of amides is 1. The minimum absolute atomic E-state index is 0.270. The second kappa shape index (κ2) is 7.06. The number of ether oxygens (including phenoxy) is 1. The number of para-hydroxylation sites is 1. The van der Waals surface area contributed by atoms with Gasteiger partial charge in [0.05, 0.1) is 12.3 Å². The zero-order chi connectivity index (χ0) is 16.9. The van der Waals surface area contributed by atoms with Crippen LogP contribution in [0.2, 0.25) is 0 Å². The van der Waals surface area contributed by atoms with Crippen LogP contribution in [0.25, 0.3) is 5.69 Å². The number of hydrogen-bond donors (Lipinski definition) is 1. The van der Waals surface area contributed by atoms with Crippen molar-refractivity contribution in [2.24, 2.45) is 0 Å². The summed E-state index contributed by atoms with van der Waals surface area (Å²) >= 11 is 0. The largest absolute Gasteiger partial charge is 0.380 e. The average Bonchev–Trinajstić information content (AvgIpc) is 3.08. The number of hydrogen-bond acceptors (Lipinski definition) is 3. The molecule has 0 atom stereocenters. The maximum absolute atomic E-state index is 13.0. The van der Waals surface area contributed by atoms with E-state index in [2.05, 4.69) is 10.4 Å². The van der Waals surface area contributed by atoms with Crippen LogP contribution in [0.4, 0.5) is 10.1 Å². The van der Waals surface area contributed by atoms with Crippen molar-refractivity contribution in [1.82, 2.24) is 9.78 Å². The molecular formula is C18H16FN3O2. The molecule has 1 aromatic heterocycles. The molecule has 3 aromatic rings. The van der Waals surface area contributed by atoms with E-state index in [1.807, 2.05) is 24.3 Å². The van der Waals surface area contributed by atoms with Crippen LogP contribution in [0.5, 0.6) is 0 Å². The molecule has 0 bridgehead atoms. The van der Waals surface area contributed by atoms with Gasteiger partial charge in [0.1, 0.15) is 5.82 Å². The second-order valence-corrected chi connectivity index (χ2v) is 5.17. The average molecular weight is 325 g/mol. The fourth-order valence-electron chi connectivity index (χ4n) is 2.29. The summed E-state index contributed by atoms with van der Waals surface area (Å²) in [5.41, 5.74) is 2.51. The van der Waals surface area contributed by atoms with E-state index in [1.165, 1.54) is 16.8 Å². The topological polar surface area (TPSA) is 56.1 Å². The number of methoxy groups -OCH3 is 1. The van der Waals surface area contributed by atoms with Gasteiger partial charge in [-0.3, -0.25) is 4.79 Å². The van der Waals surface area contributed by atoms with Crippen LogP contribution in [-0.2, 0) is 11.3 Å². The van der Waals surface area contributed by atoms with Gasteiger partial charge in [-0.15, -0.1) is 0 Å². The summed E-state index contributed by atoms with van der Waals surface area (Å²) in [4.78, 5) is 12.4. The number of anilines is 1. The number of nitrogens with zero attached hydrogens (tertiary/aromatic N) is 2. The summed E-state index contributed by atoms with van der Waals surface area (Å²) in [6.45, 7) is 0.403. The zero-order valence-electron chi connectivity index (χ0n) is 13.1. The summed E-state index contributed by atoms with van der Waals surface area (Å²) in [5, 5.41) is 7.06. The molecule has 0 saturated carbocycles. The van der Waals surface area contributed by atoms with E-state index in [-0.39, 0.29) is 17.4 Å². The summed E-state index contributed by atoms with van der Waals surface area (Å²) in [6, 6.07) is 14.9. The molecule has 6 heteroatoms. The van der Waals surface area contributed by atoms with E-state index in [1.54, 1.807) is 31.5 Å². The monoisotopic (exact) mass is 325 g/mol. The molecule has 1 amide bonds. The lowest BCUT2D eigenvalue weighted by Crippen LogP contribution is -2.14. The predicted octanol–water partition coefficient (Wildman–Crippen LogP) is 3.41. The van der Waals surface area contributed by atoms with Crippen molar-refractivity contribution in [2.75, 3.05) is 12.4 Å². The Morgan fingerprint density at radius 1 is 1.17 bits per heavy atom. The van der Waals surface area contributed by atoms with Gasteiger partial charge in [0.2, 0.25) is 0 Å². The third kappa shape index (κ3) is 3.49. The molecule has 0 radical (unpaired) electrons. The lowest BCUT2D eigenvalue weighted by atomic mass is 10.2. The number of halogens is 1. The molecule has 0 fully saturated rings. The zero-order valence-corrected chi connectivity index (χ0v) is 13.1. The molecule has 0 aliphatic carbocycles. The first-order valence-electron chi connectivity index (χ1n) is 7.37. The smallest absolute Gasteiger partial charge is 0.276 e. The van der Waals surface area contributed by atoms with E-state index >= 15 is 0 Å². The highest BCUT2D eigenvalue weighted by Crippen LogP contribution is 2.17. The molecular weight excluding hydrogens is 309 g/mol. The number of carbonyl (C=O) groups excluding carboxylic acids is 1. The first kappa shape index (κ1) is 15.9. The number of aromatic nitrogens is 2. The van der Waals surface area contributed by atoms with Gasteiger partial charge in [0.25, 0.3) is 5.91 Å². The van der Waals surface area contributed by atoms with Crippen molar-refractivity contribution in [3.05, 3.63) is 77.9 Å². The Labute approximate surface area is 138 Å². The van der Waals surface area contributed by atoms with Gasteiger partial charge < -0.3 is 10.1 Å². The number of benzene rings is 2. The highest BCUT2D eigenvalue weighted by Gasteiger charge is 2.12. The fraction of sp³-hybridized carbons (Fsp3) is 0.111. The van der Waals surface area contributed by atoms with E-state index in [4.69, 9.17) is 4.74 Å². The Morgan fingerprint density at radius 3 is 2.67 bits per heavy atom. The Kier molecular flexibility index (Phi) is 4.67. The predicted molar refractivity (Wildman–Crippen MR) is 88.6 cm³/mol. The van der Waals surface area contributed by atoms with Gasteiger partial charge in [0.15, 0.2) is 5.69 Å². The maximum atomic E-state index is 13.0.